The second-order valence-electron chi connectivity index (χ2n) is 5.50. The van der Waals surface area contributed by atoms with Gasteiger partial charge in [0.1, 0.15) is 11.6 Å². The largest absolute Gasteiger partial charge is 0.345 e. The highest BCUT2D eigenvalue weighted by Crippen LogP contribution is 2.17. The predicted molar refractivity (Wildman–Crippen MR) is 88.0 cm³/mol. The van der Waals surface area contributed by atoms with Crippen molar-refractivity contribution in [2.24, 2.45) is 0 Å². The zero-order valence-electron chi connectivity index (χ0n) is 13.0. The Morgan fingerprint density at radius 2 is 1.71 bits per heavy atom. The minimum Gasteiger partial charge on any atom is -0.345 e. The standard InChI is InChI=1S/C19H16F2N2O/c1-13(22-19(24)17-12-15(20)6-9-18(17)21)14-4-7-16(8-5-14)23-10-2-3-11-23/h2-13H,1H3,(H,22,24). The molecule has 5 heteroatoms. The maximum atomic E-state index is 13.7. The van der Waals surface area contributed by atoms with Crippen LogP contribution in [-0.4, -0.2) is 10.5 Å². The van der Waals surface area contributed by atoms with Crippen molar-refractivity contribution < 1.29 is 13.6 Å². The number of benzene rings is 2. The lowest BCUT2D eigenvalue weighted by Gasteiger charge is -2.15. The molecule has 2 aromatic carbocycles. The van der Waals surface area contributed by atoms with E-state index < -0.39 is 17.5 Å². The molecule has 122 valence electrons. The lowest BCUT2D eigenvalue weighted by molar-refractivity contribution is 0.0935. The van der Waals surface area contributed by atoms with Crippen LogP contribution in [0.1, 0.15) is 28.9 Å². The van der Waals surface area contributed by atoms with E-state index in [1.54, 1.807) is 6.92 Å². The van der Waals surface area contributed by atoms with Crippen LogP contribution >= 0.6 is 0 Å². The Labute approximate surface area is 138 Å². The summed E-state index contributed by atoms with van der Waals surface area (Å²) in [6.45, 7) is 1.79. The predicted octanol–water partition coefficient (Wildman–Crippen LogP) is 4.25. The third-order valence-electron chi connectivity index (χ3n) is 3.82. The topological polar surface area (TPSA) is 34.0 Å². The molecule has 1 amide bonds. The molecule has 1 aromatic heterocycles. The van der Waals surface area contributed by atoms with E-state index in [2.05, 4.69) is 5.32 Å². The Morgan fingerprint density at radius 1 is 1.04 bits per heavy atom. The monoisotopic (exact) mass is 326 g/mol. The molecule has 0 aliphatic heterocycles. The number of aromatic nitrogens is 1. The first-order valence-electron chi connectivity index (χ1n) is 7.54. The van der Waals surface area contributed by atoms with Crippen LogP contribution in [0.4, 0.5) is 8.78 Å². The number of nitrogens with one attached hydrogen (secondary N) is 1. The van der Waals surface area contributed by atoms with Gasteiger partial charge in [0.25, 0.3) is 5.91 Å². The summed E-state index contributed by atoms with van der Waals surface area (Å²) in [7, 11) is 0. The van der Waals surface area contributed by atoms with E-state index >= 15 is 0 Å². The van der Waals surface area contributed by atoms with Crippen molar-refractivity contribution in [3.8, 4) is 5.69 Å². The maximum Gasteiger partial charge on any atom is 0.254 e. The molecule has 3 aromatic rings. The van der Waals surface area contributed by atoms with Gasteiger partial charge < -0.3 is 9.88 Å². The van der Waals surface area contributed by atoms with Crippen molar-refractivity contribution in [1.82, 2.24) is 9.88 Å². The van der Waals surface area contributed by atoms with Crippen molar-refractivity contribution >= 4 is 5.91 Å². The van der Waals surface area contributed by atoms with Crippen LogP contribution in [0, 0.1) is 11.6 Å². The highest BCUT2D eigenvalue weighted by Gasteiger charge is 2.16. The zero-order valence-corrected chi connectivity index (χ0v) is 13.0. The number of nitrogens with zero attached hydrogens (tertiary/aromatic N) is 1. The average Bonchev–Trinajstić information content (AvgIpc) is 3.11. The molecule has 0 bridgehead atoms. The number of hydrogen-bond donors (Lipinski definition) is 1. The first kappa shape index (κ1) is 15.9. The fourth-order valence-electron chi connectivity index (χ4n) is 2.47. The molecular weight excluding hydrogens is 310 g/mol. The maximum absolute atomic E-state index is 13.7. The molecule has 0 fully saturated rings. The Morgan fingerprint density at radius 3 is 2.38 bits per heavy atom. The SMILES string of the molecule is CC(NC(=O)c1cc(F)ccc1F)c1ccc(-n2cccc2)cc1. The van der Waals surface area contributed by atoms with E-state index in [0.29, 0.717) is 0 Å². The molecule has 0 radical (unpaired) electrons. The number of rotatable bonds is 4. The molecule has 3 nitrogen and oxygen atoms in total. The molecule has 1 atom stereocenters. The molecule has 0 saturated carbocycles. The van der Waals surface area contributed by atoms with Crippen molar-refractivity contribution in [2.75, 3.05) is 0 Å². The Hall–Kier alpha value is -2.95. The van der Waals surface area contributed by atoms with Gasteiger partial charge in [0.05, 0.1) is 11.6 Å². The highest BCUT2D eigenvalue weighted by atomic mass is 19.1. The Kier molecular flexibility index (Phi) is 4.42. The molecular formula is C19H16F2N2O. The number of carbonyl (C=O) groups excluding carboxylic acids is 1. The fraction of sp³-hybridized carbons (Fsp3) is 0.105. The number of hydrogen-bond acceptors (Lipinski definition) is 1. The van der Waals surface area contributed by atoms with Gasteiger partial charge >= 0.3 is 0 Å². The van der Waals surface area contributed by atoms with Gasteiger partial charge in [-0.15, -0.1) is 0 Å². The summed E-state index contributed by atoms with van der Waals surface area (Å²) in [4.78, 5) is 12.1. The van der Waals surface area contributed by atoms with E-state index in [4.69, 9.17) is 0 Å². The number of halogens is 2. The zero-order chi connectivity index (χ0) is 17.1. The van der Waals surface area contributed by atoms with Gasteiger partial charge in [-0.05, 0) is 55.0 Å². The van der Waals surface area contributed by atoms with Crippen molar-refractivity contribution in [2.45, 2.75) is 13.0 Å². The summed E-state index contributed by atoms with van der Waals surface area (Å²) in [5.41, 5.74) is 1.57. The first-order valence-corrected chi connectivity index (χ1v) is 7.54. The van der Waals surface area contributed by atoms with E-state index in [0.717, 1.165) is 29.4 Å². The van der Waals surface area contributed by atoms with E-state index in [-0.39, 0.29) is 11.6 Å². The van der Waals surface area contributed by atoms with Gasteiger partial charge in [-0.1, -0.05) is 12.1 Å². The van der Waals surface area contributed by atoms with E-state index in [9.17, 15) is 13.6 Å². The molecule has 0 aliphatic carbocycles. The minimum atomic E-state index is -0.746. The van der Waals surface area contributed by atoms with E-state index in [1.165, 1.54) is 0 Å². The van der Waals surface area contributed by atoms with Crippen molar-refractivity contribution in [3.05, 3.63) is 89.8 Å². The quantitative estimate of drug-likeness (QED) is 0.764. The molecule has 0 aliphatic rings. The third-order valence-corrected chi connectivity index (χ3v) is 3.82. The number of amides is 1. The van der Waals surface area contributed by atoms with Gasteiger partial charge in [0.15, 0.2) is 0 Å². The normalized spacial score (nSPS) is 12.0. The van der Waals surface area contributed by atoms with Gasteiger partial charge in [0, 0.05) is 18.1 Å². The second kappa shape index (κ2) is 6.66. The molecule has 1 N–H and O–H groups in total. The molecule has 1 heterocycles. The van der Waals surface area contributed by atoms with Crippen LogP contribution in [0.3, 0.4) is 0 Å². The van der Waals surface area contributed by atoms with Gasteiger partial charge in [0.2, 0.25) is 0 Å². The molecule has 0 spiro atoms. The third kappa shape index (κ3) is 3.35. The highest BCUT2D eigenvalue weighted by molar-refractivity contribution is 5.94. The fourth-order valence-corrected chi connectivity index (χ4v) is 2.47. The first-order chi connectivity index (χ1) is 11.5. The van der Waals surface area contributed by atoms with Crippen LogP contribution in [-0.2, 0) is 0 Å². The average molecular weight is 326 g/mol. The molecule has 24 heavy (non-hydrogen) atoms. The lowest BCUT2D eigenvalue weighted by Crippen LogP contribution is -2.27. The summed E-state index contributed by atoms with van der Waals surface area (Å²) in [5.74, 6) is -2.04. The van der Waals surface area contributed by atoms with Crippen LogP contribution < -0.4 is 5.32 Å². The van der Waals surface area contributed by atoms with Gasteiger partial charge in [-0.3, -0.25) is 4.79 Å². The van der Waals surface area contributed by atoms with E-state index in [1.807, 2.05) is 53.4 Å². The Balaban J connectivity index is 1.73. The smallest absolute Gasteiger partial charge is 0.254 e. The van der Waals surface area contributed by atoms with Crippen molar-refractivity contribution in [1.29, 1.82) is 0 Å². The molecule has 3 rings (SSSR count). The lowest BCUT2D eigenvalue weighted by atomic mass is 10.1. The second-order valence-corrected chi connectivity index (χ2v) is 5.50. The van der Waals surface area contributed by atoms with Crippen LogP contribution in [0.2, 0.25) is 0 Å². The van der Waals surface area contributed by atoms with Crippen LogP contribution in [0.15, 0.2) is 67.0 Å². The summed E-state index contributed by atoms with van der Waals surface area (Å²) >= 11 is 0. The van der Waals surface area contributed by atoms with Crippen molar-refractivity contribution in [3.63, 3.8) is 0 Å². The minimum absolute atomic E-state index is 0.300. The number of carbonyl (C=O) groups is 1. The van der Waals surface area contributed by atoms with Crippen LogP contribution in [0.5, 0.6) is 0 Å². The summed E-state index contributed by atoms with van der Waals surface area (Å²) in [6, 6.07) is 14.0. The van der Waals surface area contributed by atoms with Gasteiger partial charge in [-0.25, -0.2) is 8.78 Å². The summed E-state index contributed by atoms with van der Waals surface area (Å²) in [5, 5.41) is 2.68. The Bertz CT molecular complexity index is 842. The molecule has 1 unspecified atom stereocenters. The van der Waals surface area contributed by atoms with Gasteiger partial charge in [-0.2, -0.15) is 0 Å². The molecule has 0 saturated heterocycles. The summed E-state index contributed by atoms with van der Waals surface area (Å²) < 4.78 is 28.8. The summed E-state index contributed by atoms with van der Waals surface area (Å²) in [6.07, 6.45) is 3.87. The van der Waals surface area contributed by atoms with Crippen LogP contribution in [0.25, 0.3) is 5.69 Å².